The Bertz CT molecular complexity index is 833. The zero-order valence-electron chi connectivity index (χ0n) is 13.2. The van der Waals surface area contributed by atoms with Crippen molar-refractivity contribution in [2.75, 3.05) is 19.6 Å². The first-order valence-electron chi connectivity index (χ1n) is 7.98. The van der Waals surface area contributed by atoms with Gasteiger partial charge in [-0.25, -0.2) is 8.42 Å². The molecule has 1 unspecified atom stereocenters. The van der Waals surface area contributed by atoms with E-state index < -0.39 is 15.6 Å². The number of benzene rings is 1. The summed E-state index contributed by atoms with van der Waals surface area (Å²) in [6, 6.07) is 12.4. The van der Waals surface area contributed by atoms with Crippen molar-refractivity contribution in [3.63, 3.8) is 0 Å². The molecule has 0 aliphatic carbocycles. The molecule has 24 heavy (non-hydrogen) atoms. The number of nitrogens with one attached hydrogen (secondary N) is 1. The van der Waals surface area contributed by atoms with Crippen LogP contribution in [0.2, 0.25) is 0 Å². The van der Waals surface area contributed by atoms with Gasteiger partial charge in [-0.05, 0) is 30.8 Å². The molecule has 0 saturated carbocycles. The standard InChI is InChI=1S/C17H19N3O3S/c21-24(22)16-7-2-1-6-15(16)23-17(8-10-18-12-17)13-20(24)11-14-5-3-4-9-19-14/h1-7,9,18H,8,10-13H2. The van der Waals surface area contributed by atoms with Crippen LogP contribution in [0.3, 0.4) is 0 Å². The van der Waals surface area contributed by atoms with Crippen molar-refractivity contribution in [3.8, 4) is 5.75 Å². The van der Waals surface area contributed by atoms with Gasteiger partial charge in [-0.3, -0.25) is 4.98 Å². The average Bonchev–Trinajstić information content (AvgIpc) is 3.00. The van der Waals surface area contributed by atoms with Crippen LogP contribution >= 0.6 is 0 Å². The van der Waals surface area contributed by atoms with Gasteiger partial charge in [0.1, 0.15) is 16.2 Å². The largest absolute Gasteiger partial charge is 0.483 e. The molecule has 0 radical (unpaired) electrons. The maximum absolute atomic E-state index is 13.2. The summed E-state index contributed by atoms with van der Waals surface area (Å²) < 4.78 is 34.0. The lowest BCUT2D eigenvalue weighted by atomic mass is 10.0. The van der Waals surface area contributed by atoms with Crippen LogP contribution in [0.15, 0.2) is 53.6 Å². The lowest BCUT2D eigenvalue weighted by molar-refractivity contribution is 0.0693. The molecule has 2 aliphatic rings. The van der Waals surface area contributed by atoms with Crippen LogP contribution in [-0.2, 0) is 16.6 Å². The molecule has 1 fully saturated rings. The molecule has 1 aromatic heterocycles. The molecule has 0 bridgehead atoms. The number of para-hydroxylation sites is 1. The number of ether oxygens (including phenoxy) is 1. The van der Waals surface area contributed by atoms with Crippen LogP contribution in [0.4, 0.5) is 0 Å². The molecule has 3 heterocycles. The van der Waals surface area contributed by atoms with E-state index in [1.54, 1.807) is 30.5 Å². The first-order valence-corrected chi connectivity index (χ1v) is 9.42. The van der Waals surface area contributed by atoms with Gasteiger partial charge in [0, 0.05) is 19.2 Å². The number of hydrogen-bond acceptors (Lipinski definition) is 5. The Kier molecular flexibility index (Phi) is 3.79. The van der Waals surface area contributed by atoms with Crippen molar-refractivity contribution >= 4 is 10.0 Å². The van der Waals surface area contributed by atoms with Gasteiger partial charge in [0.05, 0.1) is 18.8 Å². The summed E-state index contributed by atoms with van der Waals surface area (Å²) in [5.74, 6) is 0.435. The topological polar surface area (TPSA) is 71.5 Å². The highest BCUT2D eigenvalue weighted by molar-refractivity contribution is 7.89. The Balaban J connectivity index is 1.79. The monoisotopic (exact) mass is 345 g/mol. The fourth-order valence-corrected chi connectivity index (χ4v) is 4.91. The number of fused-ring (bicyclic) bond motifs is 1. The molecule has 1 spiro atoms. The average molecular weight is 345 g/mol. The molecule has 1 aromatic carbocycles. The predicted molar refractivity (Wildman–Crippen MR) is 89.1 cm³/mol. The molecule has 1 atom stereocenters. The minimum absolute atomic E-state index is 0.227. The molecule has 2 aromatic rings. The van der Waals surface area contributed by atoms with E-state index in [1.165, 1.54) is 4.31 Å². The normalized spacial score (nSPS) is 25.8. The van der Waals surface area contributed by atoms with Gasteiger partial charge in [0.2, 0.25) is 10.0 Å². The summed E-state index contributed by atoms with van der Waals surface area (Å²) in [5, 5.41) is 3.29. The van der Waals surface area contributed by atoms with Gasteiger partial charge < -0.3 is 10.1 Å². The number of sulfonamides is 1. The number of rotatable bonds is 2. The van der Waals surface area contributed by atoms with E-state index in [2.05, 4.69) is 10.3 Å². The van der Waals surface area contributed by atoms with Crippen molar-refractivity contribution in [1.82, 2.24) is 14.6 Å². The molecule has 7 heteroatoms. The fourth-order valence-electron chi connectivity index (χ4n) is 3.31. The predicted octanol–water partition coefficient (Wildman–Crippen LogP) is 1.40. The second-order valence-electron chi connectivity index (χ2n) is 6.25. The molecular formula is C17H19N3O3S. The Labute approximate surface area is 141 Å². The molecule has 2 aliphatic heterocycles. The van der Waals surface area contributed by atoms with Crippen LogP contribution in [0.1, 0.15) is 12.1 Å². The van der Waals surface area contributed by atoms with E-state index in [9.17, 15) is 8.42 Å². The first-order chi connectivity index (χ1) is 11.6. The van der Waals surface area contributed by atoms with Crippen molar-refractivity contribution < 1.29 is 13.2 Å². The van der Waals surface area contributed by atoms with Gasteiger partial charge in [-0.2, -0.15) is 4.31 Å². The number of nitrogens with zero attached hydrogens (tertiary/aromatic N) is 2. The Hall–Kier alpha value is -1.96. The Morgan fingerprint density at radius 1 is 1.21 bits per heavy atom. The zero-order chi connectivity index (χ0) is 16.6. The number of hydrogen-bond donors (Lipinski definition) is 1. The van der Waals surface area contributed by atoms with E-state index in [4.69, 9.17) is 4.74 Å². The molecular weight excluding hydrogens is 326 g/mol. The van der Waals surface area contributed by atoms with E-state index in [0.717, 1.165) is 18.7 Å². The van der Waals surface area contributed by atoms with Crippen LogP contribution in [-0.4, -0.2) is 42.9 Å². The smallest absolute Gasteiger partial charge is 0.247 e. The zero-order valence-corrected chi connectivity index (χ0v) is 14.0. The van der Waals surface area contributed by atoms with Crippen LogP contribution in [0.5, 0.6) is 5.75 Å². The third-order valence-electron chi connectivity index (χ3n) is 4.53. The van der Waals surface area contributed by atoms with Crippen LogP contribution in [0.25, 0.3) is 0 Å². The summed E-state index contributed by atoms with van der Waals surface area (Å²) >= 11 is 0. The molecule has 126 valence electrons. The summed E-state index contributed by atoms with van der Waals surface area (Å²) in [4.78, 5) is 4.50. The summed E-state index contributed by atoms with van der Waals surface area (Å²) in [6.45, 7) is 2.01. The summed E-state index contributed by atoms with van der Waals surface area (Å²) in [5.41, 5.74) is 0.190. The third kappa shape index (κ3) is 2.68. The summed E-state index contributed by atoms with van der Waals surface area (Å²) in [6.07, 6.45) is 2.45. The van der Waals surface area contributed by atoms with E-state index in [0.29, 0.717) is 18.8 Å². The Morgan fingerprint density at radius 3 is 2.79 bits per heavy atom. The van der Waals surface area contributed by atoms with Gasteiger partial charge in [0.25, 0.3) is 0 Å². The van der Waals surface area contributed by atoms with Gasteiger partial charge in [0.15, 0.2) is 0 Å². The second-order valence-corrected chi connectivity index (χ2v) is 8.16. The minimum atomic E-state index is -3.64. The quantitative estimate of drug-likeness (QED) is 0.891. The molecule has 4 rings (SSSR count). The highest BCUT2D eigenvalue weighted by Gasteiger charge is 2.45. The van der Waals surface area contributed by atoms with Crippen LogP contribution < -0.4 is 10.1 Å². The van der Waals surface area contributed by atoms with Crippen LogP contribution in [0, 0.1) is 0 Å². The second kappa shape index (κ2) is 5.84. The molecule has 6 nitrogen and oxygen atoms in total. The Morgan fingerprint density at radius 2 is 2.04 bits per heavy atom. The van der Waals surface area contributed by atoms with Gasteiger partial charge in [-0.15, -0.1) is 0 Å². The highest BCUT2D eigenvalue weighted by Crippen LogP contribution is 2.37. The maximum atomic E-state index is 13.2. The molecule has 1 saturated heterocycles. The lowest BCUT2D eigenvalue weighted by Crippen LogP contribution is -2.48. The SMILES string of the molecule is O=S1(=O)c2ccccc2OC2(CCNC2)CN1Cc1ccccn1. The van der Waals surface area contributed by atoms with Crippen molar-refractivity contribution in [2.24, 2.45) is 0 Å². The van der Waals surface area contributed by atoms with Gasteiger partial charge >= 0.3 is 0 Å². The minimum Gasteiger partial charge on any atom is -0.483 e. The highest BCUT2D eigenvalue weighted by atomic mass is 32.2. The summed E-state index contributed by atoms with van der Waals surface area (Å²) in [7, 11) is -3.64. The van der Waals surface area contributed by atoms with Crippen molar-refractivity contribution in [2.45, 2.75) is 23.5 Å². The van der Waals surface area contributed by atoms with Gasteiger partial charge in [-0.1, -0.05) is 18.2 Å². The van der Waals surface area contributed by atoms with E-state index in [1.807, 2.05) is 18.2 Å². The molecule has 0 amide bonds. The van der Waals surface area contributed by atoms with Crippen molar-refractivity contribution in [1.29, 1.82) is 0 Å². The number of pyridine rings is 1. The number of aromatic nitrogens is 1. The third-order valence-corrected chi connectivity index (χ3v) is 6.36. The first kappa shape index (κ1) is 15.6. The molecule has 1 N–H and O–H groups in total. The van der Waals surface area contributed by atoms with E-state index >= 15 is 0 Å². The lowest BCUT2D eigenvalue weighted by Gasteiger charge is -2.31. The maximum Gasteiger partial charge on any atom is 0.247 e. The fraction of sp³-hybridized carbons (Fsp3) is 0.353. The van der Waals surface area contributed by atoms with E-state index in [-0.39, 0.29) is 11.4 Å². The van der Waals surface area contributed by atoms with Crippen molar-refractivity contribution in [3.05, 3.63) is 54.4 Å².